The first-order valence-electron chi connectivity index (χ1n) is 8.64. The minimum Gasteiger partial charge on any atom is -0.337 e. The summed E-state index contributed by atoms with van der Waals surface area (Å²) in [5.74, 6) is 0.576. The van der Waals surface area contributed by atoms with Crippen LogP contribution in [0.15, 0.2) is 36.5 Å². The molecule has 0 radical (unpaired) electrons. The first kappa shape index (κ1) is 17.5. The summed E-state index contributed by atoms with van der Waals surface area (Å²) >= 11 is 0. The maximum atomic E-state index is 12.8. The first-order valence-corrected chi connectivity index (χ1v) is 8.64. The SMILES string of the molecule is Cc1ccc(-n2nnnc2N2CCCC(n3ccc(C(F)(F)F)n3)C2)cc1. The molecule has 1 aliphatic rings. The summed E-state index contributed by atoms with van der Waals surface area (Å²) in [7, 11) is 0. The van der Waals surface area contributed by atoms with Gasteiger partial charge >= 0.3 is 6.18 Å². The van der Waals surface area contributed by atoms with Crippen molar-refractivity contribution in [3.05, 3.63) is 47.8 Å². The average molecular weight is 377 g/mol. The second kappa shape index (κ2) is 6.67. The Kier molecular flexibility index (Phi) is 4.33. The van der Waals surface area contributed by atoms with E-state index in [1.165, 1.54) is 10.9 Å². The molecular weight excluding hydrogens is 359 g/mol. The highest BCUT2D eigenvalue weighted by Gasteiger charge is 2.35. The van der Waals surface area contributed by atoms with E-state index >= 15 is 0 Å². The van der Waals surface area contributed by atoms with Gasteiger partial charge in [-0.1, -0.05) is 22.8 Å². The molecule has 0 spiro atoms. The van der Waals surface area contributed by atoms with Gasteiger partial charge in [-0.2, -0.15) is 23.0 Å². The number of benzene rings is 1. The zero-order valence-corrected chi connectivity index (χ0v) is 14.6. The molecule has 1 atom stereocenters. The monoisotopic (exact) mass is 377 g/mol. The molecule has 142 valence electrons. The van der Waals surface area contributed by atoms with Crippen LogP contribution in [-0.4, -0.2) is 43.1 Å². The van der Waals surface area contributed by atoms with Gasteiger partial charge in [0, 0.05) is 19.3 Å². The van der Waals surface area contributed by atoms with E-state index in [1.54, 1.807) is 4.68 Å². The third kappa shape index (κ3) is 3.51. The van der Waals surface area contributed by atoms with Crippen molar-refractivity contribution in [2.45, 2.75) is 32.0 Å². The number of aromatic nitrogens is 6. The lowest BCUT2D eigenvalue weighted by molar-refractivity contribution is -0.141. The van der Waals surface area contributed by atoms with Gasteiger partial charge in [0.2, 0.25) is 5.95 Å². The van der Waals surface area contributed by atoms with E-state index in [4.69, 9.17) is 0 Å². The summed E-state index contributed by atoms with van der Waals surface area (Å²) in [6, 6.07) is 8.65. The second-order valence-electron chi connectivity index (χ2n) is 6.65. The van der Waals surface area contributed by atoms with E-state index in [9.17, 15) is 13.2 Å². The van der Waals surface area contributed by atoms with E-state index in [2.05, 4.69) is 20.6 Å². The molecule has 10 heteroatoms. The minimum absolute atomic E-state index is 0.169. The van der Waals surface area contributed by atoms with Crippen LogP contribution in [0.25, 0.3) is 5.69 Å². The van der Waals surface area contributed by atoms with Crippen molar-refractivity contribution in [2.24, 2.45) is 0 Å². The fourth-order valence-electron chi connectivity index (χ4n) is 3.28. The van der Waals surface area contributed by atoms with Crippen LogP contribution >= 0.6 is 0 Å². The Labute approximate surface area is 153 Å². The standard InChI is InChI=1S/C17H18F3N7/c1-12-4-6-13(7-5-12)27-16(21-23-24-27)25-9-2-3-14(11-25)26-10-8-15(22-26)17(18,19)20/h4-8,10,14H,2-3,9,11H2,1H3. The van der Waals surface area contributed by atoms with Crippen molar-refractivity contribution in [1.29, 1.82) is 0 Å². The van der Waals surface area contributed by atoms with E-state index in [-0.39, 0.29) is 6.04 Å². The van der Waals surface area contributed by atoms with Gasteiger partial charge in [0.15, 0.2) is 5.69 Å². The molecule has 7 nitrogen and oxygen atoms in total. The molecule has 0 saturated carbocycles. The number of hydrogen-bond donors (Lipinski definition) is 0. The van der Waals surface area contributed by atoms with Crippen molar-refractivity contribution in [3.8, 4) is 5.69 Å². The molecule has 4 rings (SSSR count). The van der Waals surface area contributed by atoms with E-state index in [1.807, 2.05) is 36.1 Å². The Bertz CT molecular complexity index is 913. The molecule has 1 fully saturated rings. The minimum atomic E-state index is -4.44. The molecule has 0 amide bonds. The van der Waals surface area contributed by atoms with Crippen LogP contribution in [0.2, 0.25) is 0 Å². The lowest BCUT2D eigenvalue weighted by Gasteiger charge is -2.33. The number of hydrogen-bond acceptors (Lipinski definition) is 5. The van der Waals surface area contributed by atoms with Gasteiger partial charge in [-0.15, -0.1) is 0 Å². The van der Waals surface area contributed by atoms with Crippen molar-refractivity contribution < 1.29 is 13.2 Å². The predicted octanol–water partition coefficient (Wildman–Crippen LogP) is 3.03. The number of halogens is 3. The third-order valence-corrected chi connectivity index (χ3v) is 4.68. The lowest BCUT2D eigenvalue weighted by atomic mass is 10.1. The van der Waals surface area contributed by atoms with Gasteiger partial charge in [-0.05, 0) is 48.4 Å². The Balaban J connectivity index is 1.57. The van der Waals surface area contributed by atoms with Crippen molar-refractivity contribution in [2.75, 3.05) is 18.0 Å². The summed E-state index contributed by atoms with van der Waals surface area (Å²) in [6.45, 7) is 3.22. The fourth-order valence-corrected chi connectivity index (χ4v) is 3.28. The van der Waals surface area contributed by atoms with E-state index in [0.717, 1.165) is 36.7 Å². The Hall–Kier alpha value is -2.91. The number of alkyl halides is 3. The number of nitrogens with zero attached hydrogens (tertiary/aromatic N) is 7. The second-order valence-corrected chi connectivity index (χ2v) is 6.65. The number of piperidine rings is 1. The largest absolute Gasteiger partial charge is 0.435 e. The van der Waals surface area contributed by atoms with Crippen molar-refractivity contribution in [3.63, 3.8) is 0 Å². The summed E-state index contributed by atoms with van der Waals surface area (Å²) in [5, 5.41) is 15.7. The lowest BCUT2D eigenvalue weighted by Crippen LogP contribution is -2.38. The molecule has 0 bridgehead atoms. The highest BCUT2D eigenvalue weighted by atomic mass is 19.4. The molecule has 1 aliphatic heterocycles. The molecule has 27 heavy (non-hydrogen) atoms. The van der Waals surface area contributed by atoms with Crippen LogP contribution in [0, 0.1) is 6.92 Å². The van der Waals surface area contributed by atoms with Crippen LogP contribution in [0.3, 0.4) is 0 Å². The summed E-state index contributed by atoms with van der Waals surface area (Å²) < 4.78 is 41.5. The van der Waals surface area contributed by atoms with Gasteiger partial charge in [0.25, 0.3) is 0 Å². The molecule has 3 heterocycles. The Morgan fingerprint density at radius 1 is 1.11 bits per heavy atom. The van der Waals surface area contributed by atoms with Crippen LogP contribution in [-0.2, 0) is 6.18 Å². The van der Waals surface area contributed by atoms with E-state index in [0.29, 0.717) is 12.5 Å². The molecule has 0 N–H and O–H groups in total. The number of anilines is 1. The van der Waals surface area contributed by atoms with Gasteiger partial charge in [0.1, 0.15) is 0 Å². The maximum Gasteiger partial charge on any atom is 0.435 e. The quantitative estimate of drug-likeness (QED) is 0.702. The van der Waals surface area contributed by atoms with Gasteiger partial charge in [0.05, 0.1) is 11.7 Å². The topological polar surface area (TPSA) is 64.7 Å². The normalized spacial score (nSPS) is 18.1. The van der Waals surface area contributed by atoms with Crippen LogP contribution < -0.4 is 4.90 Å². The summed E-state index contributed by atoms with van der Waals surface area (Å²) in [5.41, 5.74) is 1.09. The van der Waals surface area contributed by atoms with Crippen molar-refractivity contribution >= 4 is 5.95 Å². The van der Waals surface area contributed by atoms with Crippen LogP contribution in [0.4, 0.5) is 19.1 Å². The number of aryl methyl sites for hydroxylation is 1. The van der Waals surface area contributed by atoms with Crippen LogP contribution in [0.1, 0.15) is 30.1 Å². The zero-order valence-electron chi connectivity index (χ0n) is 14.6. The third-order valence-electron chi connectivity index (χ3n) is 4.68. The zero-order chi connectivity index (χ0) is 19.0. The molecule has 1 aromatic carbocycles. The van der Waals surface area contributed by atoms with Crippen LogP contribution in [0.5, 0.6) is 0 Å². The molecule has 1 unspecified atom stereocenters. The molecular formula is C17H18F3N7. The van der Waals surface area contributed by atoms with Gasteiger partial charge in [-0.25, -0.2) is 0 Å². The molecule has 3 aromatic rings. The highest BCUT2D eigenvalue weighted by Crippen LogP contribution is 2.30. The fraction of sp³-hybridized carbons (Fsp3) is 0.412. The average Bonchev–Trinajstić information content (AvgIpc) is 3.32. The van der Waals surface area contributed by atoms with Gasteiger partial charge in [-0.3, -0.25) is 4.68 Å². The Morgan fingerprint density at radius 2 is 1.89 bits per heavy atom. The molecule has 0 aliphatic carbocycles. The van der Waals surface area contributed by atoms with E-state index < -0.39 is 11.9 Å². The number of rotatable bonds is 3. The van der Waals surface area contributed by atoms with Gasteiger partial charge < -0.3 is 4.90 Å². The molecule has 2 aromatic heterocycles. The number of tetrazole rings is 1. The van der Waals surface area contributed by atoms with Crippen molar-refractivity contribution in [1.82, 2.24) is 30.0 Å². The highest BCUT2D eigenvalue weighted by molar-refractivity contribution is 5.42. The molecule has 1 saturated heterocycles. The summed E-state index contributed by atoms with van der Waals surface area (Å²) in [4.78, 5) is 1.99. The predicted molar refractivity (Wildman–Crippen MR) is 91.6 cm³/mol. The Morgan fingerprint density at radius 3 is 2.59 bits per heavy atom. The smallest absolute Gasteiger partial charge is 0.337 e. The maximum absolute atomic E-state index is 12.8. The summed E-state index contributed by atoms with van der Waals surface area (Å²) in [6.07, 6.45) is -1.48. The first-order chi connectivity index (χ1) is 12.9.